The molecule has 1 saturated heterocycles. The number of rotatable bonds is 3. The first-order chi connectivity index (χ1) is 8.63. The van der Waals surface area contributed by atoms with Crippen molar-refractivity contribution in [3.63, 3.8) is 0 Å². The summed E-state index contributed by atoms with van der Waals surface area (Å²) in [6.45, 7) is 2.24. The van der Waals surface area contributed by atoms with Crippen molar-refractivity contribution >= 4 is 27.5 Å². The van der Waals surface area contributed by atoms with Crippen LogP contribution in [0, 0.1) is 5.92 Å². The van der Waals surface area contributed by atoms with Crippen LogP contribution < -0.4 is 5.32 Å². The van der Waals surface area contributed by atoms with E-state index in [-0.39, 0.29) is 0 Å². The predicted molar refractivity (Wildman–Crippen MR) is 81.2 cm³/mol. The molecule has 1 fully saturated rings. The molecule has 18 heavy (non-hydrogen) atoms. The van der Waals surface area contributed by atoms with Gasteiger partial charge in [0, 0.05) is 10.5 Å². The van der Waals surface area contributed by atoms with Gasteiger partial charge in [0.25, 0.3) is 0 Å². The zero-order valence-electron chi connectivity index (χ0n) is 10.9. The second-order valence-corrected chi connectivity index (χ2v) is 6.32. The SMILES string of the molecule is CNCC1CCCN(C)C1c1ccc(Cl)c(Br)c1. The fourth-order valence-corrected chi connectivity index (χ4v) is 3.47. The molecule has 0 amide bonds. The summed E-state index contributed by atoms with van der Waals surface area (Å²) >= 11 is 9.61. The third kappa shape index (κ3) is 3.08. The van der Waals surface area contributed by atoms with Crippen LogP contribution in [0.2, 0.25) is 5.02 Å². The summed E-state index contributed by atoms with van der Waals surface area (Å²) < 4.78 is 0.990. The molecule has 0 spiro atoms. The average molecular weight is 332 g/mol. The number of benzene rings is 1. The van der Waals surface area contributed by atoms with Crippen molar-refractivity contribution in [2.45, 2.75) is 18.9 Å². The van der Waals surface area contributed by atoms with Gasteiger partial charge in [-0.05, 0) is 79.6 Å². The summed E-state index contributed by atoms with van der Waals surface area (Å²) in [4.78, 5) is 2.46. The Labute approximate surface area is 123 Å². The summed E-state index contributed by atoms with van der Waals surface area (Å²) in [6, 6.07) is 6.79. The highest BCUT2D eigenvalue weighted by atomic mass is 79.9. The first-order valence-corrected chi connectivity index (χ1v) is 7.60. The van der Waals surface area contributed by atoms with E-state index in [1.54, 1.807) is 0 Å². The van der Waals surface area contributed by atoms with Gasteiger partial charge in [-0.2, -0.15) is 0 Å². The number of nitrogens with zero attached hydrogens (tertiary/aromatic N) is 1. The normalized spacial score (nSPS) is 25.3. The predicted octanol–water partition coefficient (Wildman–Crippen LogP) is 3.70. The number of likely N-dealkylation sites (tertiary alicyclic amines) is 1. The molecule has 0 radical (unpaired) electrons. The maximum Gasteiger partial charge on any atom is 0.0548 e. The zero-order chi connectivity index (χ0) is 13.1. The van der Waals surface area contributed by atoms with E-state index in [1.807, 2.05) is 13.1 Å². The molecule has 0 bridgehead atoms. The molecule has 2 atom stereocenters. The molecule has 2 rings (SSSR count). The highest BCUT2D eigenvalue weighted by Gasteiger charge is 2.30. The lowest BCUT2D eigenvalue weighted by atomic mass is 9.85. The summed E-state index contributed by atoms with van der Waals surface area (Å²) in [7, 11) is 4.25. The summed E-state index contributed by atoms with van der Waals surface area (Å²) in [5, 5.41) is 4.10. The first-order valence-electron chi connectivity index (χ1n) is 6.43. The number of hydrogen-bond acceptors (Lipinski definition) is 2. The molecule has 1 aromatic carbocycles. The van der Waals surface area contributed by atoms with E-state index < -0.39 is 0 Å². The van der Waals surface area contributed by atoms with Gasteiger partial charge in [-0.1, -0.05) is 17.7 Å². The second kappa shape index (κ2) is 6.38. The van der Waals surface area contributed by atoms with Crippen LogP contribution in [0.15, 0.2) is 22.7 Å². The number of hydrogen-bond donors (Lipinski definition) is 1. The van der Waals surface area contributed by atoms with Crippen LogP contribution in [0.3, 0.4) is 0 Å². The van der Waals surface area contributed by atoms with Gasteiger partial charge in [-0.15, -0.1) is 0 Å². The van der Waals surface area contributed by atoms with Crippen LogP contribution in [0.25, 0.3) is 0 Å². The Kier molecular flexibility index (Phi) is 5.07. The Balaban J connectivity index is 2.28. The first kappa shape index (κ1) is 14.3. The van der Waals surface area contributed by atoms with E-state index in [2.05, 4.69) is 45.3 Å². The molecule has 1 aliphatic rings. The van der Waals surface area contributed by atoms with Crippen LogP contribution in [0.4, 0.5) is 0 Å². The fraction of sp³-hybridized carbons (Fsp3) is 0.571. The quantitative estimate of drug-likeness (QED) is 0.908. The summed E-state index contributed by atoms with van der Waals surface area (Å²) in [5.74, 6) is 0.668. The maximum absolute atomic E-state index is 6.08. The lowest BCUT2D eigenvalue weighted by molar-refractivity contribution is 0.121. The Bertz CT molecular complexity index is 409. The Morgan fingerprint density at radius 2 is 2.28 bits per heavy atom. The van der Waals surface area contributed by atoms with Crippen LogP contribution in [0.1, 0.15) is 24.4 Å². The maximum atomic E-state index is 6.08. The molecule has 100 valence electrons. The van der Waals surface area contributed by atoms with Crippen LogP contribution in [-0.4, -0.2) is 32.1 Å². The third-order valence-electron chi connectivity index (χ3n) is 3.76. The molecular formula is C14H20BrClN2. The molecule has 2 unspecified atom stereocenters. The fourth-order valence-electron chi connectivity index (χ4n) is 2.96. The van der Waals surface area contributed by atoms with Crippen LogP contribution in [-0.2, 0) is 0 Å². The molecule has 1 heterocycles. The van der Waals surface area contributed by atoms with Gasteiger partial charge in [-0.3, -0.25) is 4.90 Å². The minimum atomic E-state index is 0.486. The van der Waals surface area contributed by atoms with Crippen molar-refractivity contribution < 1.29 is 0 Å². The van der Waals surface area contributed by atoms with Crippen molar-refractivity contribution in [3.05, 3.63) is 33.3 Å². The van der Waals surface area contributed by atoms with E-state index in [0.717, 1.165) is 16.0 Å². The van der Waals surface area contributed by atoms with Gasteiger partial charge in [-0.25, -0.2) is 0 Å². The topological polar surface area (TPSA) is 15.3 Å². The van der Waals surface area contributed by atoms with Gasteiger partial charge < -0.3 is 5.32 Å². The Morgan fingerprint density at radius 3 is 2.94 bits per heavy atom. The summed E-state index contributed by atoms with van der Waals surface area (Å²) in [5.41, 5.74) is 1.36. The van der Waals surface area contributed by atoms with E-state index >= 15 is 0 Å². The van der Waals surface area contributed by atoms with E-state index in [4.69, 9.17) is 11.6 Å². The number of piperidine rings is 1. The van der Waals surface area contributed by atoms with Gasteiger partial charge in [0.15, 0.2) is 0 Å². The third-order valence-corrected chi connectivity index (χ3v) is 4.97. The average Bonchev–Trinajstić information content (AvgIpc) is 2.34. The van der Waals surface area contributed by atoms with Gasteiger partial charge in [0.2, 0.25) is 0 Å². The molecule has 1 aliphatic heterocycles. The Hall–Kier alpha value is -0.0900. The smallest absolute Gasteiger partial charge is 0.0548 e. The van der Waals surface area contributed by atoms with Crippen LogP contribution >= 0.6 is 27.5 Å². The van der Waals surface area contributed by atoms with E-state index in [0.29, 0.717) is 12.0 Å². The zero-order valence-corrected chi connectivity index (χ0v) is 13.3. The van der Waals surface area contributed by atoms with Crippen molar-refractivity contribution in [2.24, 2.45) is 5.92 Å². The standard InChI is InChI=1S/C14H20BrClN2/c1-17-9-11-4-3-7-18(2)14(11)10-5-6-13(16)12(15)8-10/h5-6,8,11,14,17H,3-4,7,9H2,1-2H3. The molecular weight excluding hydrogens is 312 g/mol. The number of nitrogens with one attached hydrogen (secondary N) is 1. The van der Waals surface area contributed by atoms with Crippen molar-refractivity contribution in [2.75, 3.05) is 27.2 Å². The van der Waals surface area contributed by atoms with Crippen LogP contribution in [0.5, 0.6) is 0 Å². The van der Waals surface area contributed by atoms with E-state index in [1.165, 1.54) is 24.9 Å². The largest absolute Gasteiger partial charge is 0.319 e. The molecule has 0 saturated carbocycles. The minimum Gasteiger partial charge on any atom is -0.319 e. The second-order valence-electron chi connectivity index (χ2n) is 5.06. The van der Waals surface area contributed by atoms with Gasteiger partial charge >= 0.3 is 0 Å². The van der Waals surface area contributed by atoms with Crippen molar-refractivity contribution in [3.8, 4) is 0 Å². The molecule has 4 heteroatoms. The van der Waals surface area contributed by atoms with Crippen molar-refractivity contribution in [1.82, 2.24) is 10.2 Å². The lowest BCUT2D eigenvalue weighted by Gasteiger charge is -2.39. The monoisotopic (exact) mass is 330 g/mol. The molecule has 1 N–H and O–H groups in total. The molecule has 2 nitrogen and oxygen atoms in total. The van der Waals surface area contributed by atoms with E-state index in [9.17, 15) is 0 Å². The van der Waals surface area contributed by atoms with Gasteiger partial charge in [0.1, 0.15) is 0 Å². The molecule has 0 aliphatic carbocycles. The minimum absolute atomic E-state index is 0.486. The lowest BCUT2D eigenvalue weighted by Crippen LogP contribution is -2.39. The van der Waals surface area contributed by atoms with Crippen molar-refractivity contribution in [1.29, 1.82) is 0 Å². The number of halogens is 2. The summed E-state index contributed by atoms with van der Waals surface area (Å²) in [6.07, 6.45) is 2.57. The molecule has 0 aromatic heterocycles. The van der Waals surface area contributed by atoms with Gasteiger partial charge in [0.05, 0.1) is 5.02 Å². The molecule has 1 aromatic rings. The highest BCUT2D eigenvalue weighted by Crippen LogP contribution is 2.36. The highest BCUT2D eigenvalue weighted by molar-refractivity contribution is 9.10. The Morgan fingerprint density at radius 1 is 1.50 bits per heavy atom.